The van der Waals surface area contributed by atoms with Crippen LogP contribution in [-0.2, 0) is 9.59 Å². The smallest absolute Gasteiger partial charge is 0.240 e. The molecule has 0 bridgehead atoms. The molecular formula is C25H17ClN2O4. The molecule has 1 aromatic heterocycles. The summed E-state index contributed by atoms with van der Waals surface area (Å²) in [6, 6.07) is 16.2. The first-order valence-corrected chi connectivity index (χ1v) is 10.7. The highest BCUT2D eigenvalue weighted by molar-refractivity contribution is 6.31. The molecular weight excluding hydrogens is 428 g/mol. The topological polar surface area (TPSA) is 70.8 Å². The van der Waals surface area contributed by atoms with Gasteiger partial charge in [-0.3, -0.25) is 14.4 Å². The Morgan fingerprint density at radius 3 is 2.41 bits per heavy atom. The molecule has 4 atom stereocenters. The summed E-state index contributed by atoms with van der Waals surface area (Å²) in [4.78, 5) is 44.0. The summed E-state index contributed by atoms with van der Waals surface area (Å²) in [5, 5.41) is 0.511. The number of benzene rings is 2. The minimum Gasteiger partial charge on any atom is -0.461 e. The number of imide groups is 1. The number of carbonyl (C=O) groups excluding carboxylic acids is 3. The minimum atomic E-state index is -0.851. The lowest BCUT2D eigenvalue weighted by Crippen LogP contribution is -2.48. The van der Waals surface area contributed by atoms with E-state index in [0.717, 1.165) is 11.3 Å². The fraction of sp³-hybridized carbons (Fsp3) is 0.160. The van der Waals surface area contributed by atoms with Crippen molar-refractivity contribution < 1.29 is 18.8 Å². The molecule has 2 aromatic carbocycles. The first-order valence-electron chi connectivity index (χ1n) is 10.3. The summed E-state index contributed by atoms with van der Waals surface area (Å²) in [5.74, 6) is -2.32. The lowest BCUT2D eigenvalue weighted by Gasteiger charge is -2.36. The van der Waals surface area contributed by atoms with Crippen molar-refractivity contribution in [2.24, 2.45) is 11.8 Å². The molecule has 4 heterocycles. The summed E-state index contributed by atoms with van der Waals surface area (Å²) < 4.78 is 5.39. The van der Waals surface area contributed by atoms with E-state index in [1.807, 2.05) is 41.3 Å². The number of fused-ring (bicyclic) bond motifs is 5. The lowest BCUT2D eigenvalue weighted by molar-refractivity contribution is -0.122. The number of amides is 2. The molecule has 0 aliphatic carbocycles. The highest BCUT2D eigenvalue weighted by atomic mass is 35.5. The molecule has 158 valence electrons. The zero-order valence-electron chi connectivity index (χ0n) is 16.7. The molecule has 3 aliphatic rings. The van der Waals surface area contributed by atoms with Gasteiger partial charge in [0.2, 0.25) is 17.6 Å². The number of para-hydroxylation sites is 1. The molecule has 32 heavy (non-hydrogen) atoms. The highest BCUT2D eigenvalue weighted by Crippen LogP contribution is 2.49. The van der Waals surface area contributed by atoms with Gasteiger partial charge in [0.05, 0.1) is 29.8 Å². The molecule has 2 fully saturated rings. The molecule has 0 unspecified atom stereocenters. The van der Waals surface area contributed by atoms with Crippen LogP contribution < -0.4 is 9.80 Å². The van der Waals surface area contributed by atoms with Crippen LogP contribution in [0, 0.1) is 11.8 Å². The fourth-order valence-corrected chi connectivity index (χ4v) is 5.35. The Balaban J connectivity index is 1.50. The van der Waals surface area contributed by atoms with Gasteiger partial charge in [0.25, 0.3) is 0 Å². The van der Waals surface area contributed by atoms with Crippen LogP contribution >= 0.6 is 11.6 Å². The van der Waals surface area contributed by atoms with Gasteiger partial charge >= 0.3 is 0 Å². The zero-order valence-corrected chi connectivity index (χ0v) is 17.5. The number of hydrogen-bond donors (Lipinski definition) is 0. The number of carbonyl (C=O) groups is 3. The maximum Gasteiger partial charge on any atom is 0.240 e. The fourth-order valence-electron chi connectivity index (χ4n) is 5.22. The zero-order chi connectivity index (χ0) is 22.0. The van der Waals surface area contributed by atoms with Crippen LogP contribution in [0.2, 0.25) is 5.02 Å². The molecule has 6 nitrogen and oxygen atoms in total. The third-order valence-electron chi connectivity index (χ3n) is 6.53. The van der Waals surface area contributed by atoms with E-state index in [2.05, 4.69) is 0 Å². The molecule has 7 heteroatoms. The number of rotatable bonds is 3. The molecule has 2 saturated heterocycles. The molecule has 3 aromatic rings. The van der Waals surface area contributed by atoms with Crippen LogP contribution in [0.3, 0.4) is 0 Å². The summed E-state index contributed by atoms with van der Waals surface area (Å²) in [5.41, 5.74) is 2.23. The van der Waals surface area contributed by atoms with Crippen molar-refractivity contribution in [3.8, 4) is 0 Å². The van der Waals surface area contributed by atoms with Crippen LogP contribution in [0.1, 0.15) is 16.1 Å². The quantitative estimate of drug-likeness (QED) is 0.447. The Labute approximate surface area is 188 Å². The largest absolute Gasteiger partial charge is 0.461 e. The maximum atomic E-state index is 13.7. The van der Waals surface area contributed by atoms with E-state index < -0.39 is 23.9 Å². The van der Waals surface area contributed by atoms with Gasteiger partial charge < -0.3 is 9.32 Å². The van der Waals surface area contributed by atoms with E-state index in [4.69, 9.17) is 16.0 Å². The first kappa shape index (κ1) is 19.1. The average Bonchev–Trinajstić information content (AvgIpc) is 3.51. The second-order valence-electron chi connectivity index (χ2n) is 8.14. The van der Waals surface area contributed by atoms with Gasteiger partial charge in [-0.05, 0) is 48.0 Å². The third-order valence-corrected chi connectivity index (χ3v) is 6.78. The van der Waals surface area contributed by atoms with E-state index in [-0.39, 0.29) is 23.4 Å². The maximum absolute atomic E-state index is 13.7. The standard InChI is InChI=1S/C25H17ClN2O4/c26-15-8-10-16(11-9-15)27-24(30)20-18-12-7-14-4-1-2-5-17(14)28(18)22(21(20)25(27)31)23(29)19-6-3-13-32-19/h1-13,18,20-22H/t18-,20+,21-,22+/m1/s1. The van der Waals surface area contributed by atoms with Crippen molar-refractivity contribution in [1.82, 2.24) is 0 Å². The number of nitrogens with zero attached hydrogens (tertiary/aromatic N) is 2. The summed E-state index contributed by atoms with van der Waals surface area (Å²) in [6.07, 6.45) is 5.31. The summed E-state index contributed by atoms with van der Waals surface area (Å²) in [6.45, 7) is 0. The van der Waals surface area contributed by atoms with Gasteiger partial charge in [-0.2, -0.15) is 0 Å². The van der Waals surface area contributed by atoms with Gasteiger partial charge in [-0.25, -0.2) is 4.90 Å². The van der Waals surface area contributed by atoms with Crippen LogP contribution in [0.5, 0.6) is 0 Å². The van der Waals surface area contributed by atoms with E-state index in [1.54, 1.807) is 36.4 Å². The first-order chi connectivity index (χ1) is 15.6. The number of anilines is 2. The second kappa shape index (κ2) is 6.93. The van der Waals surface area contributed by atoms with E-state index in [0.29, 0.717) is 10.7 Å². The van der Waals surface area contributed by atoms with Crippen LogP contribution in [0.25, 0.3) is 6.08 Å². The molecule has 0 radical (unpaired) electrons. The Morgan fingerprint density at radius 1 is 0.906 bits per heavy atom. The molecule has 0 N–H and O–H groups in total. The van der Waals surface area contributed by atoms with Crippen LogP contribution in [0.15, 0.2) is 77.4 Å². The van der Waals surface area contributed by atoms with E-state index in [9.17, 15) is 14.4 Å². The average molecular weight is 445 g/mol. The van der Waals surface area contributed by atoms with E-state index >= 15 is 0 Å². The number of ketones is 1. The number of halogens is 1. The van der Waals surface area contributed by atoms with Gasteiger partial charge in [0, 0.05) is 10.7 Å². The molecule has 0 saturated carbocycles. The number of furan rings is 1. The van der Waals surface area contributed by atoms with Gasteiger partial charge in [-0.15, -0.1) is 0 Å². The summed E-state index contributed by atoms with van der Waals surface area (Å²) >= 11 is 5.99. The molecule has 2 amide bonds. The predicted octanol–water partition coefficient (Wildman–Crippen LogP) is 4.21. The van der Waals surface area contributed by atoms with Gasteiger partial charge in [-0.1, -0.05) is 42.0 Å². The summed E-state index contributed by atoms with van der Waals surface area (Å²) in [7, 11) is 0. The van der Waals surface area contributed by atoms with Crippen molar-refractivity contribution in [3.63, 3.8) is 0 Å². The Morgan fingerprint density at radius 2 is 1.66 bits per heavy atom. The predicted molar refractivity (Wildman–Crippen MR) is 119 cm³/mol. The number of hydrogen-bond acceptors (Lipinski definition) is 5. The van der Waals surface area contributed by atoms with E-state index in [1.165, 1.54) is 11.2 Å². The minimum absolute atomic E-state index is 0.173. The Bertz CT molecular complexity index is 1280. The van der Waals surface area contributed by atoms with Gasteiger partial charge in [0.1, 0.15) is 6.04 Å². The number of Topliss-reactive ketones (excluding diaryl/α,β-unsaturated/α-hetero) is 1. The third kappa shape index (κ3) is 2.56. The van der Waals surface area contributed by atoms with Crippen molar-refractivity contribution >= 4 is 46.6 Å². The van der Waals surface area contributed by atoms with Crippen molar-refractivity contribution in [3.05, 3.63) is 89.3 Å². The normalized spacial score (nSPS) is 25.7. The van der Waals surface area contributed by atoms with Gasteiger partial charge in [0.15, 0.2) is 5.76 Å². The van der Waals surface area contributed by atoms with Crippen molar-refractivity contribution in [2.75, 3.05) is 9.80 Å². The van der Waals surface area contributed by atoms with Crippen LogP contribution in [-0.4, -0.2) is 29.7 Å². The Hall–Kier alpha value is -3.64. The molecule has 0 spiro atoms. The SMILES string of the molecule is O=C(c1ccco1)[C@@H]1[C@@H]2C(=O)N(c3ccc(Cl)cc3)C(=O)[C@H]2[C@H]2C=Cc3ccccc3N21. The second-order valence-corrected chi connectivity index (χ2v) is 8.58. The highest BCUT2D eigenvalue weighted by Gasteiger charge is 2.64. The lowest BCUT2D eigenvalue weighted by atomic mass is 9.87. The molecule has 6 rings (SSSR count). The van der Waals surface area contributed by atoms with Crippen molar-refractivity contribution in [1.29, 1.82) is 0 Å². The molecule has 3 aliphatic heterocycles. The monoisotopic (exact) mass is 444 g/mol. The van der Waals surface area contributed by atoms with Crippen LogP contribution in [0.4, 0.5) is 11.4 Å². The van der Waals surface area contributed by atoms with Crippen molar-refractivity contribution in [2.45, 2.75) is 12.1 Å². The Kier molecular flexibility index (Phi) is 4.13.